The molecular weight excluding hydrogens is 390 g/mol. The van der Waals surface area contributed by atoms with Gasteiger partial charge in [-0.05, 0) is 31.5 Å². The molecule has 0 aliphatic carbocycles. The zero-order valence-electron chi connectivity index (χ0n) is 15.0. The molecule has 1 aromatic carbocycles. The monoisotopic (exact) mass is 406 g/mol. The lowest BCUT2D eigenvalue weighted by Gasteiger charge is -2.13. The third kappa shape index (κ3) is 5.43. The van der Waals surface area contributed by atoms with Gasteiger partial charge in [0.15, 0.2) is 0 Å². The molecule has 3 aromatic rings. The van der Waals surface area contributed by atoms with E-state index in [1.54, 1.807) is 0 Å². The predicted octanol–water partition coefficient (Wildman–Crippen LogP) is 3.83. The van der Waals surface area contributed by atoms with Crippen LogP contribution in [-0.4, -0.2) is 27.2 Å². The van der Waals surface area contributed by atoms with Crippen molar-refractivity contribution in [2.24, 2.45) is 0 Å². The van der Waals surface area contributed by atoms with Crippen LogP contribution < -0.4 is 14.8 Å². The van der Waals surface area contributed by atoms with Gasteiger partial charge in [0.2, 0.25) is 16.9 Å². The van der Waals surface area contributed by atoms with Crippen LogP contribution in [0.5, 0.6) is 11.8 Å². The molecule has 146 valence electrons. The number of nitrogens with zero attached hydrogens (tertiary/aromatic N) is 3. The molecule has 2 aromatic heterocycles. The molecule has 0 saturated carbocycles. The number of hydrogen-bond acceptors (Lipinski definition) is 7. The minimum atomic E-state index is -0.708. The molecule has 1 N–H and O–H groups in total. The van der Waals surface area contributed by atoms with Crippen LogP contribution in [0.25, 0.3) is 0 Å². The standard InChI is InChI=1S/C18H16F2N4O3S/c1-10(2)27-16-6-12(17(25)23-18-24-21-9-28-18)5-15(22-16)26-8-11-3-13(19)7-14(20)4-11/h3-7,9-10H,8H2,1-2H3,(H,23,24,25). The molecule has 0 fully saturated rings. The summed E-state index contributed by atoms with van der Waals surface area (Å²) >= 11 is 1.17. The third-order valence-corrected chi connectivity index (χ3v) is 3.89. The van der Waals surface area contributed by atoms with Crippen molar-refractivity contribution in [3.05, 3.63) is 58.6 Å². The highest BCUT2D eigenvalue weighted by molar-refractivity contribution is 7.13. The van der Waals surface area contributed by atoms with Gasteiger partial charge in [0.25, 0.3) is 5.91 Å². The smallest absolute Gasteiger partial charge is 0.257 e. The van der Waals surface area contributed by atoms with Crippen LogP contribution in [0.3, 0.4) is 0 Å². The van der Waals surface area contributed by atoms with E-state index in [2.05, 4.69) is 20.5 Å². The van der Waals surface area contributed by atoms with E-state index >= 15 is 0 Å². The number of halogens is 2. The highest BCUT2D eigenvalue weighted by atomic mass is 32.1. The average Bonchev–Trinajstić information content (AvgIpc) is 3.11. The second-order valence-corrected chi connectivity index (χ2v) is 6.80. The van der Waals surface area contributed by atoms with Crippen LogP contribution in [-0.2, 0) is 6.61 Å². The van der Waals surface area contributed by atoms with Crippen molar-refractivity contribution < 1.29 is 23.0 Å². The normalized spacial score (nSPS) is 10.8. The van der Waals surface area contributed by atoms with Crippen molar-refractivity contribution in [3.8, 4) is 11.8 Å². The van der Waals surface area contributed by atoms with E-state index in [9.17, 15) is 13.6 Å². The van der Waals surface area contributed by atoms with Gasteiger partial charge < -0.3 is 9.47 Å². The maximum absolute atomic E-state index is 13.3. The summed E-state index contributed by atoms with van der Waals surface area (Å²) in [6.45, 7) is 3.49. The largest absolute Gasteiger partial charge is 0.475 e. The maximum atomic E-state index is 13.3. The van der Waals surface area contributed by atoms with Gasteiger partial charge >= 0.3 is 0 Å². The van der Waals surface area contributed by atoms with Gasteiger partial charge in [-0.2, -0.15) is 4.98 Å². The van der Waals surface area contributed by atoms with Crippen molar-refractivity contribution in [2.45, 2.75) is 26.6 Å². The van der Waals surface area contributed by atoms with E-state index in [1.165, 1.54) is 29.0 Å². The first kappa shape index (κ1) is 19.6. The van der Waals surface area contributed by atoms with E-state index in [0.29, 0.717) is 5.13 Å². The predicted molar refractivity (Wildman–Crippen MR) is 98.6 cm³/mol. The van der Waals surface area contributed by atoms with Crippen molar-refractivity contribution in [1.29, 1.82) is 0 Å². The Morgan fingerprint density at radius 2 is 1.86 bits per heavy atom. The number of anilines is 1. The van der Waals surface area contributed by atoms with E-state index < -0.39 is 17.5 Å². The van der Waals surface area contributed by atoms with Gasteiger partial charge in [-0.15, -0.1) is 10.2 Å². The summed E-state index contributed by atoms with van der Waals surface area (Å²) in [7, 11) is 0. The van der Waals surface area contributed by atoms with Crippen molar-refractivity contribution >= 4 is 22.4 Å². The molecule has 3 rings (SSSR count). The topological polar surface area (TPSA) is 86.2 Å². The Morgan fingerprint density at radius 3 is 2.50 bits per heavy atom. The summed E-state index contributed by atoms with van der Waals surface area (Å²) in [5.74, 6) is -1.61. The van der Waals surface area contributed by atoms with Crippen LogP contribution in [0.4, 0.5) is 13.9 Å². The Hall–Kier alpha value is -3.14. The highest BCUT2D eigenvalue weighted by Crippen LogP contribution is 2.22. The van der Waals surface area contributed by atoms with Crippen LogP contribution >= 0.6 is 11.3 Å². The fraction of sp³-hybridized carbons (Fsp3) is 0.222. The summed E-state index contributed by atoms with van der Waals surface area (Å²) < 4.78 is 37.7. The number of carbonyl (C=O) groups is 1. The molecule has 0 unspecified atom stereocenters. The number of rotatable bonds is 7. The molecule has 0 aliphatic rings. The molecular formula is C18H16F2N4O3S. The summed E-state index contributed by atoms with van der Waals surface area (Å²) in [5, 5.41) is 10.3. The van der Waals surface area contributed by atoms with Gasteiger partial charge in [0.1, 0.15) is 23.8 Å². The van der Waals surface area contributed by atoms with Crippen molar-refractivity contribution in [2.75, 3.05) is 5.32 Å². The number of pyridine rings is 1. The van der Waals surface area contributed by atoms with Crippen LogP contribution in [0.1, 0.15) is 29.8 Å². The number of amides is 1. The quantitative estimate of drug-likeness (QED) is 0.642. The Bertz CT molecular complexity index is 947. The number of ether oxygens (including phenoxy) is 2. The third-order valence-electron chi connectivity index (χ3n) is 3.29. The first-order valence-corrected chi connectivity index (χ1v) is 9.11. The van der Waals surface area contributed by atoms with Gasteiger partial charge in [-0.1, -0.05) is 11.3 Å². The zero-order chi connectivity index (χ0) is 20.1. The lowest BCUT2D eigenvalue weighted by molar-refractivity contribution is 0.102. The van der Waals surface area contributed by atoms with E-state index in [0.717, 1.165) is 18.2 Å². The summed E-state index contributed by atoms with van der Waals surface area (Å²) in [4.78, 5) is 16.6. The number of hydrogen-bond donors (Lipinski definition) is 1. The van der Waals surface area contributed by atoms with Crippen molar-refractivity contribution in [1.82, 2.24) is 15.2 Å². The SMILES string of the molecule is CC(C)Oc1cc(C(=O)Nc2nncs2)cc(OCc2cc(F)cc(F)c2)n1. The number of aromatic nitrogens is 3. The molecule has 0 aliphatic heterocycles. The number of nitrogens with one attached hydrogen (secondary N) is 1. The van der Waals surface area contributed by atoms with E-state index in [1.807, 2.05) is 13.8 Å². The van der Waals surface area contributed by atoms with Gasteiger partial charge in [-0.3, -0.25) is 10.1 Å². The molecule has 10 heteroatoms. The molecule has 0 saturated heterocycles. The highest BCUT2D eigenvalue weighted by Gasteiger charge is 2.14. The maximum Gasteiger partial charge on any atom is 0.257 e. The Balaban J connectivity index is 1.81. The first-order valence-electron chi connectivity index (χ1n) is 8.23. The van der Waals surface area contributed by atoms with Gasteiger partial charge in [0.05, 0.1) is 11.7 Å². The Kier molecular flexibility index (Phi) is 6.09. The Labute approximate surface area is 163 Å². The summed E-state index contributed by atoms with van der Waals surface area (Å²) in [5.41, 5.74) is 2.00. The van der Waals surface area contributed by atoms with Crippen LogP contribution in [0, 0.1) is 11.6 Å². The van der Waals surface area contributed by atoms with Gasteiger partial charge in [0, 0.05) is 18.2 Å². The van der Waals surface area contributed by atoms with E-state index in [4.69, 9.17) is 9.47 Å². The molecule has 28 heavy (non-hydrogen) atoms. The minimum Gasteiger partial charge on any atom is -0.475 e. The second kappa shape index (κ2) is 8.70. The molecule has 1 amide bonds. The molecule has 0 radical (unpaired) electrons. The fourth-order valence-electron chi connectivity index (χ4n) is 2.24. The molecule has 0 bridgehead atoms. The zero-order valence-corrected chi connectivity index (χ0v) is 15.8. The second-order valence-electron chi connectivity index (χ2n) is 5.96. The fourth-order valence-corrected chi connectivity index (χ4v) is 2.68. The number of benzene rings is 1. The minimum absolute atomic E-state index is 0.0743. The lowest BCUT2D eigenvalue weighted by atomic mass is 10.2. The summed E-state index contributed by atoms with van der Waals surface area (Å²) in [6, 6.07) is 5.94. The van der Waals surface area contributed by atoms with E-state index in [-0.39, 0.29) is 35.6 Å². The lowest BCUT2D eigenvalue weighted by Crippen LogP contribution is -2.14. The summed E-state index contributed by atoms with van der Waals surface area (Å²) in [6.07, 6.45) is -0.181. The Morgan fingerprint density at radius 1 is 1.14 bits per heavy atom. The van der Waals surface area contributed by atoms with Gasteiger partial charge in [-0.25, -0.2) is 8.78 Å². The van der Waals surface area contributed by atoms with Crippen LogP contribution in [0.15, 0.2) is 35.8 Å². The number of carbonyl (C=O) groups excluding carboxylic acids is 1. The average molecular weight is 406 g/mol. The molecule has 7 nitrogen and oxygen atoms in total. The van der Waals surface area contributed by atoms with Crippen molar-refractivity contribution in [3.63, 3.8) is 0 Å². The molecule has 2 heterocycles. The molecule has 0 spiro atoms. The van der Waals surface area contributed by atoms with Crippen LogP contribution in [0.2, 0.25) is 0 Å². The first-order chi connectivity index (χ1) is 13.4. The molecule has 0 atom stereocenters.